The summed E-state index contributed by atoms with van der Waals surface area (Å²) in [6.45, 7) is 9.38. The van der Waals surface area contributed by atoms with Gasteiger partial charge in [0.2, 0.25) is 0 Å². The number of furan rings is 1. The highest BCUT2D eigenvalue weighted by Crippen LogP contribution is 2.38. The van der Waals surface area contributed by atoms with E-state index in [1.54, 1.807) is 31.6 Å². The number of hydrogen-bond acceptors (Lipinski definition) is 8. The molecule has 0 atom stereocenters. The molecule has 0 spiro atoms. The van der Waals surface area contributed by atoms with Gasteiger partial charge in [0.25, 0.3) is 0 Å². The fourth-order valence-electron chi connectivity index (χ4n) is 4.95. The van der Waals surface area contributed by atoms with Crippen molar-refractivity contribution >= 4 is 45.6 Å². The van der Waals surface area contributed by atoms with E-state index in [0.29, 0.717) is 50.2 Å². The molecule has 2 aromatic carbocycles. The number of methoxy groups -OCH3 is 2. The molecule has 4 aromatic rings. The first kappa shape index (κ1) is 28.1. The minimum atomic E-state index is 0.357. The van der Waals surface area contributed by atoms with Crippen LogP contribution in [0.1, 0.15) is 25.2 Å². The molecule has 40 heavy (non-hydrogen) atoms. The van der Waals surface area contributed by atoms with Crippen molar-refractivity contribution in [2.45, 2.75) is 26.4 Å². The molecule has 0 unspecified atom stereocenters. The van der Waals surface area contributed by atoms with Crippen molar-refractivity contribution in [2.75, 3.05) is 45.7 Å². The number of piperazine rings is 1. The molecular weight excluding hydrogens is 549 g/mol. The molecule has 1 saturated heterocycles. The lowest BCUT2D eigenvalue weighted by atomic mass is 10.0. The summed E-state index contributed by atoms with van der Waals surface area (Å²) >= 11 is 12.6. The van der Waals surface area contributed by atoms with Crippen LogP contribution in [-0.4, -0.2) is 61.2 Å². The summed E-state index contributed by atoms with van der Waals surface area (Å²) in [6.07, 6.45) is 1.76. The topological polar surface area (TPSA) is 86.8 Å². The molecule has 8 nitrogen and oxygen atoms in total. The molecule has 1 aliphatic heterocycles. The number of hydrogen-bond donors (Lipinski definition) is 1. The van der Waals surface area contributed by atoms with Gasteiger partial charge in [0.1, 0.15) is 29.1 Å². The summed E-state index contributed by atoms with van der Waals surface area (Å²) in [6, 6.07) is 13.7. The fourth-order valence-corrected chi connectivity index (χ4v) is 5.46. The van der Waals surface area contributed by atoms with E-state index in [2.05, 4.69) is 41.1 Å². The van der Waals surface area contributed by atoms with Crippen molar-refractivity contribution < 1.29 is 13.9 Å². The number of nitrogens with one attached hydrogen (secondary N) is 1. The number of halogens is 2. The SMILES string of the molecule is COc1cc(Nc2nc3cc(-c4coc(CN5CCN(C(C)C)CC5)c4)c(OC)cc3cc2C#N)c(Cl)cc1Cl. The smallest absolute Gasteiger partial charge is 0.149 e. The molecule has 0 saturated carbocycles. The summed E-state index contributed by atoms with van der Waals surface area (Å²) in [5, 5.41) is 14.6. The van der Waals surface area contributed by atoms with Gasteiger partial charge in [-0.3, -0.25) is 9.80 Å². The first-order chi connectivity index (χ1) is 19.3. The molecule has 0 amide bonds. The van der Waals surface area contributed by atoms with Crippen LogP contribution in [0.4, 0.5) is 11.5 Å². The molecule has 5 rings (SSSR count). The Morgan fingerprint density at radius 3 is 2.42 bits per heavy atom. The zero-order valence-corrected chi connectivity index (χ0v) is 24.4. The summed E-state index contributed by atoms with van der Waals surface area (Å²) in [5.41, 5.74) is 3.32. The van der Waals surface area contributed by atoms with Gasteiger partial charge in [-0.05, 0) is 44.2 Å². The van der Waals surface area contributed by atoms with Crippen LogP contribution in [0.2, 0.25) is 10.0 Å². The van der Waals surface area contributed by atoms with Crippen LogP contribution in [0, 0.1) is 11.3 Å². The number of nitrogens with zero attached hydrogens (tertiary/aromatic N) is 4. The van der Waals surface area contributed by atoms with E-state index < -0.39 is 0 Å². The van der Waals surface area contributed by atoms with E-state index in [1.165, 1.54) is 7.11 Å². The van der Waals surface area contributed by atoms with Gasteiger partial charge < -0.3 is 19.2 Å². The lowest BCUT2D eigenvalue weighted by molar-refractivity contribution is 0.0991. The lowest BCUT2D eigenvalue weighted by Gasteiger charge is -2.36. The molecule has 1 N–H and O–H groups in total. The molecule has 0 bridgehead atoms. The normalized spacial score (nSPS) is 14.4. The molecule has 0 radical (unpaired) electrons. The Morgan fingerprint density at radius 2 is 1.75 bits per heavy atom. The molecule has 0 aliphatic carbocycles. The van der Waals surface area contributed by atoms with Crippen LogP contribution in [0.3, 0.4) is 0 Å². The summed E-state index contributed by atoms with van der Waals surface area (Å²) in [5.74, 6) is 2.39. The van der Waals surface area contributed by atoms with Gasteiger partial charge in [-0.15, -0.1) is 0 Å². The van der Waals surface area contributed by atoms with Crippen LogP contribution in [0.5, 0.6) is 11.5 Å². The number of anilines is 2. The fraction of sp³-hybridized carbons (Fsp3) is 0.333. The van der Waals surface area contributed by atoms with Gasteiger partial charge in [-0.25, -0.2) is 4.98 Å². The third-order valence-electron chi connectivity index (χ3n) is 7.23. The molecule has 1 fully saturated rings. The first-order valence-corrected chi connectivity index (χ1v) is 13.8. The van der Waals surface area contributed by atoms with Crippen molar-refractivity contribution in [3.63, 3.8) is 0 Å². The Bertz CT molecular complexity index is 1570. The van der Waals surface area contributed by atoms with Gasteiger partial charge in [0.15, 0.2) is 0 Å². The standard InChI is InChI=1S/C30H31Cl2N5O3/c1-18(2)37-7-5-36(6-8-37)16-22-10-21(17-40-22)23-12-26-19(11-28(23)38-3)9-20(15-33)30(34-26)35-27-14-29(39-4)25(32)13-24(27)31/h9-14,17-18H,5-8,16H2,1-4H3,(H,34,35). The number of rotatable bonds is 8. The second-order valence-electron chi connectivity index (χ2n) is 10.0. The number of benzene rings is 2. The molecule has 3 heterocycles. The number of nitriles is 1. The number of fused-ring (bicyclic) bond motifs is 1. The maximum atomic E-state index is 9.85. The van der Waals surface area contributed by atoms with E-state index in [1.807, 2.05) is 12.1 Å². The van der Waals surface area contributed by atoms with Crippen LogP contribution in [-0.2, 0) is 6.54 Å². The van der Waals surface area contributed by atoms with E-state index in [4.69, 9.17) is 42.1 Å². The molecular formula is C30H31Cl2N5O3. The highest BCUT2D eigenvalue weighted by atomic mass is 35.5. The average Bonchev–Trinajstić information content (AvgIpc) is 3.41. The zero-order chi connectivity index (χ0) is 28.4. The monoisotopic (exact) mass is 579 g/mol. The first-order valence-electron chi connectivity index (χ1n) is 13.1. The molecule has 1 aliphatic rings. The van der Waals surface area contributed by atoms with E-state index >= 15 is 0 Å². The Labute approximate surface area is 244 Å². The maximum Gasteiger partial charge on any atom is 0.149 e. The Hall–Kier alpha value is -3.48. The predicted octanol–water partition coefficient (Wildman–Crippen LogP) is 6.96. The van der Waals surface area contributed by atoms with Crippen LogP contribution in [0.25, 0.3) is 22.0 Å². The van der Waals surface area contributed by atoms with Crippen molar-refractivity contribution in [3.8, 4) is 28.7 Å². The maximum absolute atomic E-state index is 9.85. The van der Waals surface area contributed by atoms with Crippen molar-refractivity contribution in [3.05, 3.63) is 64.0 Å². The molecule has 10 heteroatoms. The van der Waals surface area contributed by atoms with Crippen molar-refractivity contribution in [2.24, 2.45) is 0 Å². The van der Waals surface area contributed by atoms with E-state index in [-0.39, 0.29) is 0 Å². The summed E-state index contributed by atoms with van der Waals surface area (Å²) in [7, 11) is 3.15. The molecule has 208 valence electrons. The van der Waals surface area contributed by atoms with Gasteiger partial charge >= 0.3 is 0 Å². The minimum Gasteiger partial charge on any atom is -0.496 e. The Kier molecular flexibility index (Phi) is 8.38. The number of pyridine rings is 1. The second kappa shape index (κ2) is 11.9. The molecule has 2 aromatic heterocycles. The van der Waals surface area contributed by atoms with Gasteiger partial charge in [-0.2, -0.15) is 5.26 Å². The number of ether oxygens (including phenoxy) is 2. The van der Waals surface area contributed by atoms with Crippen molar-refractivity contribution in [1.82, 2.24) is 14.8 Å². The van der Waals surface area contributed by atoms with Crippen molar-refractivity contribution in [1.29, 1.82) is 5.26 Å². The predicted molar refractivity (Wildman–Crippen MR) is 159 cm³/mol. The highest BCUT2D eigenvalue weighted by molar-refractivity contribution is 6.37. The van der Waals surface area contributed by atoms with Gasteiger partial charge in [-0.1, -0.05) is 23.2 Å². The third-order valence-corrected chi connectivity index (χ3v) is 7.84. The van der Waals surface area contributed by atoms with Crippen LogP contribution >= 0.6 is 23.2 Å². The van der Waals surface area contributed by atoms with Crippen LogP contribution < -0.4 is 14.8 Å². The zero-order valence-electron chi connectivity index (χ0n) is 22.9. The average molecular weight is 581 g/mol. The minimum absolute atomic E-state index is 0.357. The third kappa shape index (κ3) is 5.84. The Balaban J connectivity index is 1.44. The Morgan fingerprint density at radius 1 is 1.00 bits per heavy atom. The summed E-state index contributed by atoms with van der Waals surface area (Å²) in [4.78, 5) is 9.69. The highest BCUT2D eigenvalue weighted by Gasteiger charge is 2.21. The van der Waals surface area contributed by atoms with E-state index in [0.717, 1.165) is 55.0 Å². The van der Waals surface area contributed by atoms with E-state index in [9.17, 15) is 5.26 Å². The van der Waals surface area contributed by atoms with Gasteiger partial charge in [0, 0.05) is 54.8 Å². The number of aromatic nitrogens is 1. The summed E-state index contributed by atoms with van der Waals surface area (Å²) < 4.78 is 17.0. The van der Waals surface area contributed by atoms with Crippen LogP contribution in [0.15, 0.2) is 47.1 Å². The lowest BCUT2D eigenvalue weighted by Crippen LogP contribution is -2.48. The largest absolute Gasteiger partial charge is 0.496 e. The second-order valence-corrected chi connectivity index (χ2v) is 10.9. The van der Waals surface area contributed by atoms with Gasteiger partial charge in [0.05, 0.1) is 53.8 Å². The quantitative estimate of drug-likeness (QED) is 0.239.